The quantitative estimate of drug-likeness (QED) is 0.172. The number of benzene rings is 10. The predicted molar refractivity (Wildman–Crippen MR) is 304 cm³/mol. The van der Waals surface area contributed by atoms with Crippen LogP contribution in [0.25, 0.3) is 99.5 Å². The molecule has 0 saturated carbocycles. The lowest BCUT2D eigenvalue weighted by molar-refractivity contribution is 0.600. The summed E-state index contributed by atoms with van der Waals surface area (Å²) in [7, 11) is 0. The van der Waals surface area contributed by atoms with Gasteiger partial charge in [-0.15, -0.1) is 0 Å². The van der Waals surface area contributed by atoms with Crippen LogP contribution in [0.15, 0.2) is 203 Å². The summed E-state index contributed by atoms with van der Waals surface area (Å²) in [6.07, 6.45) is 0. The van der Waals surface area contributed by atoms with Gasteiger partial charge in [-0.1, -0.05) is 187 Å². The van der Waals surface area contributed by atoms with Gasteiger partial charge in [-0.2, -0.15) is 0 Å². The first-order chi connectivity index (χ1) is 35.4. The van der Waals surface area contributed by atoms with Gasteiger partial charge >= 0.3 is 0 Å². The highest BCUT2D eigenvalue weighted by Crippen LogP contribution is 2.64. The number of rotatable bonds is 5. The maximum atomic E-state index is 7.07. The molecule has 0 unspecified atom stereocenters. The first-order valence-electron chi connectivity index (χ1n) is 25.8. The number of fused-ring (bicyclic) bond motifs is 19. The first kappa shape index (κ1) is 42.3. The van der Waals surface area contributed by atoms with Crippen molar-refractivity contribution in [3.8, 4) is 55.6 Å². The zero-order valence-electron chi connectivity index (χ0n) is 42.2. The van der Waals surface area contributed by atoms with E-state index in [4.69, 9.17) is 8.83 Å². The smallest absolute Gasteiger partial charge is 0.144 e. The van der Waals surface area contributed by atoms with Crippen molar-refractivity contribution in [1.82, 2.24) is 0 Å². The minimum atomic E-state index is -0.352. The van der Waals surface area contributed by atoms with Crippen LogP contribution in [-0.2, 0) is 16.2 Å². The maximum absolute atomic E-state index is 7.07. The fourth-order valence-electron chi connectivity index (χ4n) is 13.8. The summed E-state index contributed by atoms with van der Waals surface area (Å²) in [5.41, 5.74) is 27.9. The molecule has 0 fully saturated rings. The third-order valence-electron chi connectivity index (χ3n) is 17.2. The van der Waals surface area contributed by atoms with Gasteiger partial charge < -0.3 is 13.7 Å². The van der Waals surface area contributed by atoms with E-state index < -0.39 is 0 Å². The van der Waals surface area contributed by atoms with Crippen molar-refractivity contribution in [1.29, 1.82) is 0 Å². The largest absolute Gasteiger partial charge is 0.455 e. The zero-order valence-corrected chi connectivity index (χ0v) is 42.2. The number of furan rings is 2. The van der Waals surface area contributed by atoms with Crippen molar-refractivity contribution in [2.24, 2.45) is 0 Å². The lowest BCUT2D eigenvalue weighted by Gasteiger charge is -2.32. The van der Waals surface area contributed by atoms with Crippen LogP contribution in [0.1, 0.15) is 80.5 Å². The molecule has 12 aromatic rings. The van der Waals surface area contributed by atoms with E-state index >= 15 is 0 Å². The highest BCUT2D eigenvalue weighted by molar-refractivity contribution is 6.21. The van der Waals surface area contributed by atoms with Crippen LogP contribution < -0.4 is 4.90 Å². The monoisotopic (exact) mass is 939 g/mol. The number of anilines is 3. The molecule has 0 bridgehead atoms. The number of aryl methyl sites for hydroxylation is 1. The average Bonchev–Trinajstić information content (AvgIpc) is 4.18. The van der Waals surface area contributed by atoms with E-state index in [0.717, 1.165) is 50.3 Å². The van der Waals surface area contributed by atoms with E-state index in [1.54, 1.807) is 0 Å². The number of hydrogen-bond acceptors (Lipinski definition) is 3. The van der Waals surface area contributed by atoms with E-state index in [1.165, 1.54) is 105 Å². The van der Waals surface area contributed by atoms with Crippen molar-refractivity contribution in [2.75, 3.05) is 4.90 Å². The summed E-state index contributed by atoms with van der Waals surface area (Å²) in [4.78, 5) is 2.48. The maximum Gasteiger partial charge on any atom is 0.144 e. The lowest BCUT2D eigenvalue weighted by Crippen LogP contribution is -2.24. The molecule has 10 aromatic carbocycles. The molecule has 3 aliphatic rings. The van der Waals surface area contributed by atoms with Gasteiger partial charge in [-0.05, 0) is 139 Å². The Bertz CT molecular complexity index is 4350. The van der Waals surface area contributed by atoms with Crippen LogP contribution in [0.5, 0.6) is 0 Å². The molecule has 0 amide bonds. The lowest BCUT2D eigenvalue weighted by atomic mass is 9.72. The SMILES string of the molecule is Cc1cccc(-c2cc3c(c4c2oc2ccccc24)-c2ccc(N(c4ccc(-c5ccccc5)cc4)c4ccc5c(c4)C(C)(C)c4c6c(c7c(oc8ccccc87)c4-5)-c4ccccc4C6(C)C)cc2C3(C)C)c1. The van der Waals surface area contributed by atoms with Gasteiger partial charge in [-0.25, -0.2) is 0 Å². The minimum absolute atomic E-state index is 0.221. The van der Waals surface area contributed by atoms with Crippen LogP contribution in [-0.4, -0.2) is 0 Å². The molecule has 0 spiro atoms. The van der Waals surface area contributed by atoms with Gasteiger partial charge in [0.25, 0.3) is 0 Å². The number of nitrogens with zero attached hydrogens (tertiary/aromatic N) is 1. The molecule has 0 saturated heterocycles. The van der Waals surface area contributed by atoms with Gasteiger partial charge in [0.1, 0.15) is 22.3 Å². The number of para-hydroxylation sites is 2. The Labute approximate surface area is 426 Å². The zero-order chi connectivity index (χ0) is 49.3. The highest BCUT2D eigenvalue weighted by atomic mass is 16.3. The van der Waals surface area contributed by atoms with Gasteiger partial charge in [-0.3, -0.25) is 0 Å². The Morgan fingerprint density at radius 3 is 1.56 bits per heavy atom. The Kier molecular flexibility index (Phi) is 8.47. The fourth-order valence-corrected chi connectivity index (χ4v) is 13.8. The van der Waals surface area contributed by atoms with Gasteiger partial charge in [0.2, 0.25) is 0 Å². The molecular formula is C70H53NO2. The molecule has 2 aromatic heterocycles. The van der Waals surface area contributed by atoms with Crippen LogP contribution in [0.3, 0.4) is 0 Å². The molecule has 0 atom stereocenters. The predicted octanol–water partition coefficient (Wildman–Crippen LogP) is 19.5. The molecule has 0 aliphatic heterocycles. The summed E-state index contributed by atoms with van der Waals surface area (Å²) in [6, 6.07) is 71.7. The van der Waals surface area contributed by atoms with Crippen molar-refractivity contribution >= 4 is 60.9 Å². The van der Waals surface area contributed by atoms with Crippen molar-refractivity contribution < 1.29 is 8.83 Å². The van der Waals surface area contributed by atoms with Crippen molar-refractivity contribution in [3.05, 3.63) is 233 Å². The van der Waals surface area contributed by atoms with Crippen LogP contribution in [0.4, 0.5) is 17.1 Å². The second kappa shape index (κ2) is 14.6. The Balaban J connectivity index is 0.948. The molecule has 3 nitrogen and oxygen atoms in total. The van der Waals surface area contributed by atoms with E-state index in [9.17, 15) is 0 Å². The summed E-state index contributed by atoms with van der Waals surface area (Å²) in [5, 5.41) is 4.74. The molecular weight excluding hydrogens is 887 g/mol. The number of hydrogen-bond donors (Lipinski definition) is 0. The Morgan fingerprint density at radius 1 is 0.342 bits per heavy atom. The second-order valence-electron chi connectivity index (χ2n) is 22.4. The topological polar surface area (TPSA) is 29.5 Å². The normalized spacial score (nSPS) is 15.1. The van der Waals surface area contributed by atoms with Gasteiger partial charge in [0.15, 0.2) is 0 Å². The second-order valence-corrected chi connectivity index (χ2v) is 22.4. The van der Waals surface area contributed by atoms with Gasteiger partial charge in [0.05, 0.1) is 0 Å². The molecule has 2 heterocycles. The minimum Gasteiger partial charge on any atom is -0.455 e. The average molecular weight is 940 g/mol. The standard InChI is InChI=1S/C70H53NO2/c1-40-18-17-21-43(36-40)52-39-56-59(61-50-23-12-15-26-57(50)72-66(52)61)48-34-32-45(37-54(48)68(56,2)3)71(44-30-28-42(29-31-44)41-19-9-8-10-20-41)46-33-35-49-55(38-46)70(6,7)65-63(49)67-62(51-24-13-16-27-58(51)73-67)60-47-22-11-14-25-53(47)69(4,5)64(60)65/h8-39H,1-7H3. The summed E-state index contributed by atoms with van der Waals surface area (Å²) in [6.45, 7) is 16.7. The van der Waals surface area contributed by atoms with E-state index in [0.29, 0.717) is 0 Å². The van der Waals surface area contributed by atoms with Crippen molar-refractivity contribution in [2.45, 2.75) is 64.7 Å². The van der Waals surface area contributed by atoms with Crippen molar-refractivity contribution in [3.63, 3.8) is 0 Å². The summed E-state index contributed by atoms with van der Waals surface area (Å²) in [5.74, 6) is 0. The molecule has 3 aliphatic carbocycles. The van der Waals surface area contributed by atoms with E-state index in [2.05, 4.69) is 247 Å². The van der Waals surface area contributed by atoms with Gasteiger partial charge in [0, 0.05) is 66.0 Å². The van der Waals surface area contributed by atoms with Crippen LogP contribution >= 0.6 is 0 Å². The molecule has 73 heavy (non-hydrogen) atoms. The summed E-state index contributed by atoms with van der Waals surface area (Å²) >= 11 is 0. The molecule has 0 N–H and O–H groups in total. The van der Waals surface area contributed by atoms with E-state index in [-0.39, 0.29) is 16.2 Å². The third kappa shape index (κ3) is 5.65. The Hall–Kier alpha value is -8.40. The Morgan fingerprint density at radius 2 is 0.863 bits per heavy atom. The summed E-state index contributed by atoms with van der Waals surface area (Å²) < 4.78 is 13.9. The van der Waals surface area contributed by atoms with Crippen LogP contribution in [0.2, 0.25) is 0 Å². The van der Waals surface area contributed by atoms with Crippen LogP contribution in [0, 0.1) is 6.92 Å². The molecule has 15 rings (SSSR count). The van der Waals surface area contributed by atoms with E-state index in [1.807, 2.05) is 0 Å². The molecule has 3 heteroatoms. The fraction of sp³-hybridized carbons (Fsp3) is 0.143. The first-order valence-corrected chi connectivity index (χ1v) is 25.8. The third-order valence-corrected chi connectivity index (χ3v) is 17.2. The highest BCUT2D eigenvalue weighted by Gasteiger charge is 2.49. The molecule has 0 radical (unpaired) electrons. The molecule has 350 valence electrons.